The van der Waals surface area contributed by atoms with Crippen molar-refractivity contribution >= 4 is 17.6 Å². The van der Waals surface area contributed by atoms with Gasteiger partial charge in [0.05, 0.1) is 0 Å². The summed E-state index contributed by atoms with van der Waals surface area (Å²) in [4.78, 5) is 37.9. The number of nitrogens with one attached hydrogen (secondary N) is 1. The van der Waals surface area contributed by atoms with Gasteiger partial charge in [0.2, 0.25) is 0 Å². The van der Waals surface area contributed by atoms with Gasteiger partial charge >= 0.3 is 5.97 Å². The van der Waals surface area contributed by atoms with E-state index in [1.54, 1.807) is 29.7 Å². The van der Waals surface area contributed by atoms with Crippen molar-refractivity contribution < 1.29 is 19.4 Å². The second-order valence-electron chi connectivity index (χ2n) is 8.35. The molecule has 1 aliphatic carbocycles. The largest absolute Gasteiger partial charge is 0.507 e. The number of unbranched alkanes of at least 4 members (excludes halogenated alkanes) is 1. The number of aromatic nitrogens is 1. The predicted molar refractivity (Wildman–Crippen MR) is 124 cm³/mol. The molecule has 0 bridgehead atoms. The van der Waals surface area contributed by atoms with Crippen LogP contribution in [0.1, 0.15) is 79.6 Å². The van der Waals surface area contributed by atoms with E-state index < -0.39 is 17.4 Å². The summed E-state index contributed by atoms with van der Waals surface area (Å²) < 4.78 is 6.87. The maximum absolute atomic E-state index is 13.4. The number of amides is 1. The number of fused-ring (bicyclic) bond motifs is 1. The van der Waals surface area contributed by atoms with Crippen LogP contribution in [0.3, 0.4) is 0 Å². The van der Waals surface area contributed by atoms with Gasteiger partial charge in [0.25, 0.3) is 11.5 Å². The second-order valence-corrected chi connectivity index (χ2v) is 8.35. The van der Waals surface area contributed by atoms with Crippen LogP contribution in [0.25, 0.3) is 0 Å². The van der Waals surface area contributed by atoms with Crippen molar-refractivity contribution in [1.29, 1.82) is 0 Å². The molecule has 1 aromatic carbocycles. The lowest BCUT2D eigenvalue weighted by Crippen LogP contribution is -2.33. The molecular weight excluding hydrogens is 408 g/mol. The molecule has 0 saturated heterocycles. The quantitative estimate of drug-likeness (QED) is 0.509. The number of aromatic hydroxyl groups is 1. The van der Waals surface area contributed by atoms with Crippen molar-refractivity contribution in [2.45, 2.75) is 78.7 Å². The second kappa shape index (κ2) is 10.5. The number of hydrogen-bond donors (Lipinski definition) is 2. The third-order valence-corrected chi connectivity index (χ3v) is 5.99. The van der Waals surface area contributed by atoms with Gasteiger partial charge < -0.3 is 19.7 Å². The minimum Gasteiger partial charge on any atom is -0.507 e. The Bertz CT molecular complexity index is 1070. The highest BCUT2D eigenvalue weighted by Gasteiger charge is 2.26. The summed E-state index contributed by atoms with van der Waals surface area (Å²) in [6.45, 7) is 5.61. The molecular formula is C25H32N2O5. The first-order valence-electron chi connectivity index (χ1n) is 11.4. The van der Waals surface area contributed by atoms with Crippen molar-refractivity contribution in [1.82, 2.24) is 4.57 Å². The van der Waals surface area contributed by atoms with Gasteiger partial charge in [0.15, 0.2) is 0 Å². The minimum absolute atomic E-state index is 0.203. The summed E-state index contributed by atoms with van der Waals surface area (Å²) in [5, 5.41) is 13.8. The van der Waals surface area contributed by atoms with Crippen molar-refractivity contribution in [3.8, 4) is 11.5 Å². The zero-order chi connectivity index (χ0) is 23.3. The van der Waals surface area contributed by atoms with E-state index in [-0.39, 0.29) is 11.3 Å². The third kappa shape index (κ3) is 5.03. The predicted octanol–water partition coefficient (Wildman–Crippen LogP) is 4.50. The Morgan fingerprint density at radius 2 is 1.88 bits per heavy atom. The molecule has 0 fully saturated rings. The van der Waals surface area contributed by atoms with E-state index in [4.69, 9.17) is 4.74 Å². The van der Waals surface area contributed by atoms with E-state index in [9.17, 15) is 19.5 Å². The van der Waals surface area contributed by atoms with Gasteiger partial charge in [-0.05, 0) is 51.2 Å². The molecule has 1 heterocycles. The van der Waals surface area contributed by atoms with Crippen LogP contribution < -0.4 is 15.6 Å². The maximum atomic E-state index is 13.4. The number of anilines is 1. The number of esters is 1. The SMILES string of the molecule is CCCCn1c2c(c(O)c(C(=O)Nc3cccc(OC(C)=O)c3C)c1=O)CCCCCC2. The molecule has 0 spiro atoms. The Balaban J connectivity index is 2.05. The first-order valence-corrected chi connectivity index (χ1v) is 11.4. The average molecular weight is 441 g/mol. The number of benzene rings is 1. The van der Waals surface area contributed by atoms with E-state index in [0.717, 1.165) is 56.2 Å². The summed E-state index contributed by atoms with van der Waals surface area (Å²) in [5.74, 6) is -0.996. The monoisotopic (exact) mass is 440 g/mol. The number of nitrogens with zero attached hydrogens (tertiary/aromatic N) is 1. The molecule has 2 N–H and O–H groups in total. The molecule has 7 heteroatoms. The van der Waals surface area contributed by atoms with Crippen molar-refractivity contribution in [3.63, 3.8) is 0 Å². The Kier molecular flexibility index (Phi) is 7.72. The molecule has 0 radical (unpaired) electrons. The Hall–Kier alpha value is -3.09. The lowest BCUT2D eigenvalue weighted by atomic mass is 9.94. The highest BCUT2D eigenvalue weighted by Crippen LogP contribution is 2.31. The van der Waals surface area contributed by atoms with Crippen molar-refractivity contribution in [2.75, 3.05) is 5.32 Å². The lowest BCUT2D eigenvalue weighted by Gasteiger charge is -2.22. The van der Waals surface area contributed by atoms with Crippen LogP contribution in [0.4, 0.5) is 5.69 Å². The fraction of sp³-hybridized carbons (Fsp3) is 0.480. The van der Waals surface area contributed by atoms with Crippen LogP contribution in [0.2, 0.25) is 0 Å². The summed E-state index contributed by atoms with van der Waals surface area (Å²) in [6.07, 6.45) is 7.16. The molecule has 0 atom stereocenters. The molecule has 1 aliphatic rings. The van der Waals surface area contributed by atoms with Crippen LogP contribution >= 0.6 is 0 Å². The Morgan fingerprint density at radius 3 is 2.56 bits per heavy atom. The number of carbonyl (C=O) groups excluding carboxylic acids is 2. The molecule has 32 heavy (non-hydrogen) atoms. The van der Waals surface area contributed by atoms with E-state index in [2.05, 4.69) is 12.2 Å². The average Bonchev–Trinajstić information content (AvgIpc) is 2.71. The van der Waals surface area contributed by atoms with Crippen LogP contribution in [-0.4, -0.2) is 21.6 Å². The van der Waals surface area contributed by atoms with E-state index in [1.165, 1.54) is 6.92 Å². The zero-order valence-electron chi connectivity index (χ0n) is 19.1. The molecule has 0 aliphatic heterocycles. The standard InChI is InChI=1S/C25H32N2O5/c1-4-5-15-27-20-13-9-7-6-8-11-18(20)23(29)22(25(27)31)24(30)26-19-12-10-14-21(16(19)2)32-17(3)28/h10,12,14,29H,4-9,11,13,15H2,1-3H3,(H,26,30). The molecule has 2 aromatic rings. The Labute approximate surface area is 188 Å². The van der Waals surface area contributed by atoms with Crippen molar-refractivity contribution in [2.24, 2.45) is 0 Å². The van der Waals surface area contributed by atoms with Crippen LogP contribution in [0.5, 0.6) is 11.5 Å². The number of hydrogen-bond acceptors (Lipinski definition) is 5. The molecule has 172 valence electrons. The summed E-state index contributed by atoms with van der Waals surface area (Å²) in [5.41, 5.74) is 1.88. The van der Waals surface area contributed by atoms with Gasteiger partial charge in [0, 0.05) is 36.0 Å². The lowest BCUT2D eigenvalue weighted by molar-refractivity contribution is -0.131. The topological polar surface area (TPSA) is 97.6 Å². The van der Waals surface area contributed by atoms with Gasteiger partial charge in [-0.1, -0.05) is 32.3 Å². The van der Waals surface area contributed by atoms with Gasteiger partial charge in [0.1, 0.15) is 17.1 Å². The summed E-state index contributed by atoms with van der Waals surface area (Å²) in [6, 6.07) is 4.95. The third-order valence-electron chi connectivity index (χ3n) is 5.99. The normalized spacial score (nSPS) is 13.6. The van der Waals surface area contributed by atoms with Gasteiger partial charge in [-0.2, -0.15) is 0 Å². The van der Waals surface area contributed by atoms with Crippen LogP contribution in [-0.2, 0) is 24.2 Å². The molecule has 3 rings (SSSR count). The summed E-state index contributed by atoms with van der Waals surface area (Å²) >= 11 is 0. The summed E-state index contributed by atoms with van der Waals surface area (Å²) in [7, 11) is 0. The number of ether oxygens (including phenoxy) is 1. The zero-order valence-corrected chi connectivity index (χ0v) is 19.1. The van der Waals surface area contributed by atoms with Crippen molar-refractivity contribution in [3.05, 3.63) is 50.9 Å². The first-order chi connectivity index (χ1) is 15.3. The fourth-order valence-corrected chi connectivity index (χ4v) is 4.26. The van der Waals surface area contributed by atoms with Gasteiger partial charge in [-0.15, -0.1) is 0 Å². The fourth-order valence-electron chi connectivity index (χ4n) is 4.26. The molecule has 0 saturated carbocycles. The number of rotatable bonds is 6. The first kappa shape index (κ1) is 23.6. The van der Waals surface area contributed by atoms with E-state index in [0.29, 0.717) is 30.0 Å². The molecule has 0 unspecified atom stereocenters. The van der Waals surface area contributed by atoms with Gasteiger partial charge in [-0.3, -0.25) is 14.4 Å². The highest BCUT2D eigenvalue weighted by molar-refractivity contribution is 6.06. The molecule has 1 amide bonds. The highest BCUT2D eigenvalue weighted by atomic mass is 16.5. The minimum atomic E-state index is -0.661. The molecule has 7 nitrogen and oxygen atoms in total. The number of pyridine rings is 1. The van der Waals surface area contributed by atoms with E-state index in [1.807, 2.05) is 0 Å². The number of carbonyl (C=O) groups is 2. The maximum Gasteiger partial charge on any atom is 0.308 e. The smallest absolute Gasteiger partial charge is 0.308 e. The Morgan fingerprint density at radius 1 is 1.16 bits per heavy atom. The van der Waals surface area contributed by atoms with Crippen LogP contribution in [0, 0.1) is 6.92 Å². The van der Waals surface area contributed by atoms with Gasteiger partial charge in [-0.25, -0.2) is 0 Å². The van der Waals surface area contributed by atoms with E-state index >= 15 is 0 Å². The molecule has 1 aromatic heterocycles. The van der Waals surface area contributed by atoms with Crippen LogP contribution in [0.15, 0.2) is 23.0 Å².